The van der Waals surface area contributed by atoms with Gasteiger partial charge in [-0.15, -0.1) is 6.58 Å². The van der Waals surface area contributed by atoms with Gasteiger partial charge >= 0.3 is 0 Å². The van der Waals surface area contributed by atoms with E-state index in [1.165, 1.54) is 37.8 Å². The van der Waals surface area contributed by atoms with E-state index in [4.69, 9.17) is 0 Å². The van der Waals surface area contributed by atoms with Crippen LogP contribution in [0.15, 0.2) is 36.9 Å². The molecule has 0 aliphatic heterocycles. The zero-order valence-corrected chi connectivity index (χ0v) is 17.4. The molecule has 1 aromatic rings. The van der Waals surface area contributed by atoms with Crippen molar-refractivity contribution in [1.29, 1.82) is 0 Å². The topological polar surface area (TPSA) is 0 Å². The summed E-state index contributed by atoms with van der Waals surface area (Å²) in [4.78, 5) is 0. The first-order valence-corrected chi connectivity index (χ1v) is 11.4. The van der Waals surface area contributed by atoms with Gasteiger partial charge in [-0.25, -0.2) is 8.78 Å². The predicted octanol–water partition coefficient (Wildman–Crippen LogP) is 8.44. The molecule has 0 amide bonds. The molecule has 2 atom stereocenters. The first-order valence-electron chi connectivity index (χ1n) is 11.4. The molecule has 1 fully saturated rings. The van der Waals surface area contributed by atoms with Crippen molar-refractivity contribution in [1.82, 2.24) is 0 Å². The van der Waals surface area contributed by atoms with Gasteiger partial charge in [-0.05, 0) is 86.0 Å². The number of hydrogen-bond acceptors (Lipinski definition) is 0. The normalized spacial score (nSPS) is 27.7. The highest BCUT2D eigenvalue weighted by Gasteiger charge is 2.27. The molecule has 2 aliphatic carbocycles. The molecule has 0 N–H and O–H groups in total. The summed E-state index contributed by atoms with van der Waals surface area (Å²) in [6.45, 7) is 6.03. The maximum Gasteiger partial charge on any atom is 0.127 e. The van der Waals surface area contributed by atoms with Gasteiger partial charge in [0.25, 0.3) is 0 Å². The van der Waals surface area contributed by atoms with Crippen LogP contribution in [0, 0.1) is 23.5 Å². The van der Waals surface area contributed by atoms with E-state index in [9.17, 15) is 8.78 Å². The van der Waals surface area contributed by atoms with Crippen molar-refractivity contribution in [2.24, 2.45) is 11.8 Å². The lowest BCUT2D eigenvalue weighted by molar-refractivity contribution is 0.298. The molecule has 0 radical (unpaired) electrons. The van der Waals surface area contributed by atoms with Crippen LogP contribution in [0.3, 0.4) is 0 Å². The number of halogens is 2. The van der Waals surface area contributed by atoms with E-state index >= 15 is 0 Å². The van der Waals surface area contributed by atoms with E-state index in [0.29, 0.717) is 17.0 Å². The van der Waals surface area contributed by atoms with Crippen molar-refractivity contribution in [3.05, 3.63) is 59.7 Å². The van der Waals surface area contributed by atoms with Crippen molar-refractivity contribution in [2.75, 3.05) is 0 Å². The smallest absolute Gasteiger partial charge is 0.127 e. The lowest BCUT2D eigenvalue weighted by atomic mass is 9.76. The second kappa shape index (κ2) is 10.4. The van der Waals surface area contributed by atoms with Crippen LogP contribution in [0.4, 0.5) is 8.78 Å². The molecule has 0 bridgehead atoms. The van der Waals surface area contributed by atoms with Crippen molar-refractivity contribution in [3.63, 3.8) is 0 Å². The van der Waals surface area contributed by atoms with Gasteiger partial charge < -0.3 is 0 Å². The lowest BCUT2D eigenvalue weighted by Crippen LogP contribution is -2.15. The molecule has 2 unspecified atom stereocenters. The van der Waals surface area contributed by atoms with Gasteiger partial charge in [-0.2, -0.15) is 0 Å². The van der Waals surface area contributed by atoms with E-state index < -0.39 is 0 Å². The third-order valence-electron chi connectivity index (χ3n) is 6.95. The number of benzene rings is 1. The fourth-order valence-electron chi connectivity index (χ4n) is 5.17. The summed E-state index contributed by atoms with van der Waals surface area (Å²) < 4.78 is 29.8. The molecule has 0 aromatic heterocycles. The summed E-state index contributed by atoms with van der Waals surface area (Å²) in [5, 5.41) is 0. The molecule has 0 heterocycles. The van der Waals surface area contributed by atoms with Gasteiger partial charge in [0, 0.05) is 5.92 Å². The van der Waals surface area contributed by atoms with Crippen molar-refractivity contribution in [2.45, 2.75) is 89.4 Å². The Balaban J connectivity index is 1.63. The standard InChI is InChI=1S/C26H36F2/c1-3-5-6-8-20-11-15-22(16-12-20)24-18-25(27)23(17-26(24)28)21-13-9-19(7-4-2)10-14-21/h4,9,13,17-22H,2-3,5-8,10-12,14-16H2,1H3. The molecule has 0 spiro atoms. The van der Waals surface area contributed by atoms with Crippen LogP contribution in [0.25, 0.3) is 0 Å². The third-order valence-corrected chi connectivity index (χ3v) is 6.95. The minimum absolute atomic E-state index is 0.00100. The molecule has 28 heavy (non-hydrogen) atoms. The van der Waals surface area contributed by atoms with Gasteiger partial charge in [0.15, 0.2) is 0 Å². The molecule has 154 valence electrons. The third kappa shape index (κ3) is 5.33. The fraction of sp³-hybridized carbons (Fsp3) is 0.615. The highest BCUT2D eigenvalue weighted by Crippen LogP contribution is 2.41. The van der Waals surface area contributed by atoms with Gasteiger partial charge in [-0.3, -0.25) is 0 Å². The Hall–Kier alpha value is -1.44. The van der Waals surface area contributed by atoms with Crippen molar-refractivity contribution < 1.29 is 8.78 Å². The molecule has 1 aromatic carbocycles. The van der Waals surface area contributed by atoms with Crippen LogP contribution in [-0.4, -0.2) is 0 Å². The van der Waals surface area contributed by atoms with Crippen molar-refractivity contribution in [3.8, 4) is 0 Å². The first-order chi connectivity index (χ1) is 13.6. The summed E-state index contributed by atoms with van der Waals surface area (Å²) in [6.07, 6.45) is 18.5. The summed E-state index contributed by atoms with van der Waals surface area (Å²) >= 11 is 0. The number of unbranched alkanes of at least 4 members (excludes halogenated alkanes) is 2. The molecule has 1 saturated carbocycles. The average molecular weight is 387 g/mol. The second-order valence-electron chi connectivity index (χ2n) is 8.96. The Bertz CT molecular complexity index is 667. The molecule has 0 nitrogen and oxygen atoms in total. The molecule has 0 saturated heterocycles. The Morgan fingerprint density at radius 1 is 0.929 bits per heavy atom. The predicted molar refractivity (Wildman–Crippen MR) is 115 cm³/mol. The van der Waals surface area contributed by atoms with Crippen LogP contribution in [0.2, 0.25) is 0 Å². The van der Waals surface area contributed by atoms with E-state index in [-0.39, 0.29) is 23.5 Å². The maximum atomic E-state index is 14.9. The van der Waals surface area contributed by atoms with Gasteiger partial charge in [0.1, 0.15) is 11.6 Å². The van der Waals surface area contributed by atoms with Gasteiger partial charge in [0.05, 0.1) is 0 Å². The summed E-state index contributed by atoms with van der Waals surface area (Å²) in [5.41, 5.74) is 1.14. The van der Waals surface area contributed by atoms with Crippen LogP contribution >= 0.6 is 0 Å². The van der Waals surface area contributed by atoms with E-state index in [1.807, 2.05) is 6.08 Å². The average Bonchev–Trinajstić information content (AvgIpc) is 2.71. The Kier molecular flexibility index (Phi) is 7.88. The number of rotatable bonds is 8. The Morgan fingerprint density at radius 2 is 1.64 bits per heavy atom. The number of allylic oxidation sites excluding steroid dienone is 3. The van der Waals surface area contributed by atoms with Crippen LogP contribution in [0.1, 0.15) is 101 Å². The minimum atomic E-state index is -0.224. The maximum absolute atomic E-state index is 14.9. The molecular weight excluding hydrogens is 350 g/mol. The SMILES string of the molecule is C=CCC1C=CC(c2cc(F)c(C3CCC(CCCCC)CC3)cc2F)CC1. The highest BCUT2D eigenvalue weighted by atomic mass is 19.1. The summed E-state index contributed by atoms with van der Waals surface area (Å²) in [6, 6.07) is 3.00. The van der Waals surface area contributed by atoms with Gasteiger partial charge in [0.2, 0.25) is 0 Å². The molecule has 3 rings (SSSR count). The van der Waals surface area contributed by atoms with Crippen molar-refractivity contribution >= 4 is 0 Å². The molecule has 2 heteroatoms. The van der Waals surface area contributed by atoms with Gasteiger partial charge in [-0.1, -0.05) is 50.8 Å². The lowest BCUT2D eigenvalue weighted by Gasteiger charge is -2.30. The van der Waals surface area contributed by atoms with E-state index in [1.54, 1.807) is 0 Å². The van der Waals surface area contributed by atoms with Crippen LogP contribution < -0.4 is 0 Å². The largest absolute Gasteiger partial charge is 0.207 e. The van der Waals surface area contributed by atoms with Crippen LogP contribution in [-0.2, 0) is 0 Å². The highest BCUT2D eigenvalue weighted by molar-refractivity contribution is 5.34. The quantitative estimate of drug-likeness (QED) is 0.310. The number of hydrogen-bond donors (Lipinski definition) is 0. The second-order valence-corrected chi connectivity index (χ2v) is 8.96. The van der Waals surface area contributed by atoms with E-state index in [2.05, 4.69) is 25.7 Å². The zero-order valence-electron chi connectivity index (χ0n) is 17.4. The van der Waals surface area contributed by atoms with Crippen LogP contribution in [0.5, 0.6) is 0 Å². The van der Waals surface area contributed by atoms with E-state index in [0.717, 1.165) is 50.9 Å². The Labute approximate surface area is 170 Å². The zero-order chi connectivity index (χ0) is 19.9. The summed E-state index contributed by atoms with van der Waals surface area (Å²) in [7, 11) is 0. The fourth-order valence-corrected chi connectivity index (χ4v) is 5.17. The molecule has 2 aliphatic rings. The molecular formula is C26H36F2. The summed E-state index contributed by atoms with van der Waals surface area (Å²) in [5.74, 6) is 1.04. The minimum Gasteiger partial charge on any atom is -0.207 e. The Morgan fingerprint density at radius 3 is 2.29 bits per heavy atom. The first kappa shape index (κ1) is 21.3. The monoisotopic (exact) mass is 386 g/mol.